The molecule has 0 fully saturated rings. The van der Waals surface area contributed by atoms with Crippen molar-refractivity contribution < 1.29 is 23.8 Å². The zero-order valence-electron chi connectivity index (χ0n) is 10.4. The molecule has 18 heavy (non-hydrogen) atoms. The van der Waals surface area contributed by atoms with E-state index in [0.717, 1.165) is 0 Å². The lowest BCUT2D eigenvalue weighted by Crippen LogP contribution is -2.04. The smallest absolute Gasteiger partial charge is 0.374 e. The fraction of sp³-hybridized carbons (Fsp3) is 0.308. The maximum atomic E-state index is 11.7. The van der Waals surface area contributed by atoms with Gasteiger partial charge in [-0.1, -0.05) is 0 Å². The molecule has 1 aromatic carbocycles. The third-order valence-electron chi connectivity index (χ3n) is 2.68. The Kier molecular flexibility index (Phi) is 3.14. The number of esters is 1. The second-order valence-electron chi connectivity index (χ2n) is 3.80. The van der Waals surface area contributed by atoms with E-state index in [2.05, 4.69) is 0 Å². The van der Waals surface area contributed by atoms with Crippen LogP contribution in [0.1, 0.15) is 23.0 Å². The summed E-state index contributed by atoms with van der Waals surface area (Å²) in [5, 5.41) is 10.4. The molecule has 0 aliphatic heterocycles. The molecule has 1 N–H and O–H groups in total. The molecule has 0 bridgehead atoms. The van der Waals surface area contributed by atoms with Gasteiger partial charge in [-0.05, 0) is 13.8 Å². The Morgan fingerprint density at radius 3 is 2.78 bits per heavy atom. The summed E-state index contributed by atoms with van der Waals surface area (Å²) in [6, 6.07) is 3.09. The zero-order valence-corrected chi connectivity index (χ0v) is 10.4. The van der Waals surface area contributed by atoms with E-state index in [0.29, 0.717) is 22.3 Å². The van der Waals surface area contributed by atoms with Crippen molar-refractivity contribution in [1.82, 2.24) is 0 Å². The fourth-order valence-electron chi connectivity index (χ4n) is 1.84. The van der Waals surface area contributed by atoms with E-state index in [4.69, 9.17) is 13.9 Å². The zero-order chi connectivity index (χ0) is 13.3. The first kappa shape index (κ1) is 12.3. The van der Waals surface area contributed by atoms with Gasteiger partial charge in [0.15, 0.2) is 0 Å². The van der Waals surface area contributed by atoms with Crippen molar-refractivity contribution in [2.75, 3.05) is 13.7 Å². The number of aryl methyl sites for hydroxylation is 1. The van der Waals surface area contributed by atoms with Gasteiger partial charge in [0.1, 0.15) is 17.1 Å². The molecule has 0 atom stereocenters. The van der Waals surface area contributed by atoms with Crippen molar-refractivity contribution in [3.63, 3.8) is 0 Å². The highest BCUT2D eigenvalue weighted by Crippen LogP contribution is 2.36. The summed E-state index contributed by atoms with van der Waals surface area (Å²) in [6.45, 7) is 3.69. The first-order valence-electron chi connectivity index (χ1n) is 5.55. The number of ether oxygens (including phenoxy) is 2. The highest BCUT2D eigenvalue weighted by molar-refractivity contribution is 5.98. The number of carbonyl (C=O) groups is 1. The summed E-state index contributed by atoms with van der Waals surface area (Å²) in [6.07, 6.45) is 0. The second-order valence-corrected chi connectivity index (χ2v) is 3.80. The standard InChI is InChI=1S/C13H14O5/c1-4-17-13(15)12-7(2)11-9(14)5-8(16-3)6-10(11)18-12/h5-6,14H,4H2,1-3H3. The minimum absolute atomic E-state index is 0.0150. The van der Waals surface area contributed by atoms with Crippen LogP contribution in [0.3, 0.4) is 0 Å². The molecule has 0 aliphatic carbocycles. The number of phenolic OH excluding ortho intramolecular Hbond substituents is 1. The lowest BCUT2D eigenvalue weighted by molar-refractivity contribution is 0.0491. The van der Waals surface area contributed by atoms with Gasteiger partial charge in [0.25, 0.3) is 0 Å². The van der Waals surface area contributed by atoms with Gasteiger partial charge in [0.2, 0.25) is 5.76 Å². The number of hydrogen-bond donors (Lipinski definition) is 1. The molecule has 0 unspecified atom stereocenters. The first-order valence-corrected chi connectivity index (χ1v) is 5.55. The van der Waals surface area contributed by atoms with Gasteiger partial charge in [-0.3, -0.25) is 0 Å². The summed E-state index contributed by atoms with van der Waals surface area (Å²) in [7, 11) is 1.49. The molecule has 2 rings (SSSR count). The summed E-state index contributed by atoms with van der Waals surface area (Å²) < 4.78 is 15.3. The van der Waals surface area contributed by atoms with Crippen LogP contribution in [0, 0.1) is 6.92 Å². The molecular formula is C13H14O5. The molecule has 1 heterocycles. The van der Waals surface area contributed by atoms with Crippen LogP contribution in [-0.2, 0) is 4.74 Å². The Hall–Kier alpha value is -2.17. The van der Waals surface area contributed by atoms with Crippen LogP contribution in [0.2, 0.25) is 0 Å². The Bertz CT molecular complexity index is 597. The van der Waals surface area contributed by atoms with E-state index in [1.807, 2.05) is 0 Å². The van der Waals surface area contributed by atoms with Gasteiger partial charge in [0.05, 0.1) is 19.1 Å². The number of aromatic hydroxyl groups is 1. The second kappa shape index (κ2) is 4.60. The van der Waals surface area contributed by atoms with E-state index < -0.39 is 5.97 Å². The summed E-state index contributed by atoms with van der Waals surface area (Å²) in [5.41, 5.74) is 0.955. The number of benzene rings is 1. The summed E-state index contributed by atoms with van der Waals surface area (Å²) in [5.74, 6) is 0.0466. The minimum atomic E-state index is -0.537. The molecule has 1 aromatic heterocycles. The summed E-state index contributed by atoms with van der Waals surface area (Å²) in [4.78, 5) is 11.7. The van der Waals surface area contributed by atoms with E-state index in [1.54, 1.807) is 19.9 Å². The van der Waals surface area contributed by atoms with Crippen LogP contribution in [0.5, 0.6) is 11.5 Å². The van der Waals surface area contributed by atoms with Crippen LogP contribution in [-0.4, -0.2) is 24.8 Å². The van der Waals surface area contributed by atoms with Crippen LogP contribution < -0.4 is 4.74 Å². The van der Waals surface area contributed by atoms with Crippen molar-refractivity contribution >= 4 is 16.9 Å². The van der Waals surface area contributed by atoms with Gasteiger partial charge >= 0.3 is 5.97 Å². The average Bonchev–Trinajstić information content (AvgIpc) is 2.67. The van der Waals surface area contributed by atoms with Crippen LogP contribution in [0.4, 0.5) is 0 Å². The third kappa shape index (κ3) is 1.88. The van der Waals surface area contributed by atoms with Crippen molar-refractivity contribution in [2.24, 2.45) is 0 Å². The summed E-state index contributed by atoms with van der Waals surface area (Å²) >= 11 is 0. The van der Waals surface area contributed by atoms with Crippen LogP contribution >= 0.6 is 0 Å². The molecule has 0 saturated heterocycles. The Labute approximate surface area is 104 Å². The molecule has 0 radical (unpaired) electrons. The molecule has 2 aromatic rings. The van der Waals surface area contributed by atoms with Crippen molar-refractivity contribution in [2.45, 2.75) is 13.8 Å². The monoisotopic (exact) mass is 250 g/mol. The molecule has 0 aliphatic rings. The van der Waals surface area contributed by atoms with Gasteiger partial charge in [-0.25, -0.2) is 4.79 Å². The fourth-order valence-corrected chi connectivity index (χ4v) is 1.84. The lowest BCUT2D eigenvalue weighted by Gasteiger charge is -2.00. The van der Waals surface area contributed by atoms with E-state index in [9.17, 15) is 9.90 Å². The molecule has 0 amide bonds. The topological polar surface area (TPSA) is 68.9 Å². The van der Waals surface area contributed by atoms with Gasteiger partial charge in [-0.15, -0.1) is 0 Å². The van der Waals surface area contributed by atoms with Crippen LogP contribution in [0.25, 0.3) is 11.0 Å². The number of methoxy groups -OCH3 is 1. The van der Waals surface area contributed by atoms with Crippen molar-refractivity contribution in [3.05, 3.63) is 23.5 Å². The number of furan rings is 1. The van der Waals surface area contributed by atoms with Crippen molar-refractivity contribution in [1.29, 1.82) is 0 Å². The Balaban J connectivity index is 2.62. The number of phenols is 1. The maximum Gasteiger partial charge on any atom is 0.374 e. The largest absolute Gasteiger partial charge is 0.507 e. The lowest BCUT2D eigenvalue weighted by atomic mass is 10.1. The quantitative estimate of drug-likeness (QED) is 0.848. The highest BCUT2D eigenvalue weighted by Gasteiger charge is 2.21. The van der Waals surface area contributed by atoms with E-state index in [1.165, 1.54) is 13.2 Å². The molecular weight excluding hydrogens is 236 g/mol. The van der Waals surface area contributed by atoms with Crippen molar-refractivity contribution in [3.8, 4) is 11.5 Å². The highest BCUT2D eigenvalue weighted by atomic mass is 16.5. The van der Waals surface area contributed by atoms with Gasteiger partial charge in [0, 0.05) is 17.7 Å². The minimum Gasteiger partial charge on any atom is -0.507 e. The Morgan fingerprint density at radius 1 is 1.44 bits per heavy atom. The first-order chi connectivity index (χ1) is 8.58. The average molecular weight is 250 g/mol. The number of carbonyl (C=O) groups excluding carboxylic acids is 1. The maximum absolute atomic E-state index is 11.7. The molecule has 5 heteroatoms. The predicted molar refractivity (Wildman–Crippen MR) is 65.1 cm³/mol. The molecule has 0 saturated carbocycles. The van der Waals surface area contributed by atoms with E-state index in [-0.39, 0.29) is 18.1 Å². The van der Waals surface area contributed by atoms with Gasteiger partial charge in [-0.2, -0.15) is 0 Å². The normalized spacial score (nSPS) is 10.6. The van der Waals surface area contributed by atoms with Crippen LogP contribution in [0.15, 0.2) is 16.5 Å². The molecule has 0 spiro atoms. The SMILES string of the molecule is CCOC(=O)c1oc2cc(OC)cc(O)c2c1C. The third-order valence-corrected chi connectivity index (χ3v) is 2.68. The number of fused-ring (bicyclic) bond motifs is 1. The predicted octanol–water partition coefficient (Wildman–Crippen LogP) is 2.63. The number of hydrogen-bond acceptors (Lipinski definition) is 5. The molecule has 96 valence electrons. The Morgan fingerprint density at radius 2 is 2.17 bits per heavy atom. The van der Waals surface area contributed by atoms with Gasteiger partial charge < -0.3 is 19.0 Å². The van der Waals surface area contributed by atoms with E-state index >= 15 is 0 Å². The number of rotatable bonds is 3. The molecule has 5 nitrogen and oxygen atoms in total.